The van der Waals surface area contributed by atoms with Gasteiger partial charge in [0.1, 0.15) is 23.3 Å². The Labute approximate surface area is 237 Å². The molecule has 0 aliphatic rings. The predicted molar refractivity (Wildman–Crippen MR) is 148 cm³/mol. The first kappa shape index (κ1) is 30.9. The van der Waals surface area contributed by atoms with Gasteiger partial charge in [-0.15, -0.1) is 5.10 Å². The number of halogens is 1. The fourth-order valence-electron chi connectivity index (χ4n) is 3.72. The molecule has 0 spiro atoms. The van der Waals surface area contributed by atoms with E-state index < -0.39 is 29.5 Å². The lowest BCUT2D eigenvalue weighted by Crippen LogP contribution is -2.19. The topological polar surface area (TPSA) is 223 Å². The second-order valence-corrected chi connectivity index (χ2v) is 8.40. The van der Waals surface area contributed by atoms with Crippen molar-refractivity contribution in [3.63, 3.8) is 0 Å². The molecule has 0 fully saturated rings. The number of methoxy groups -OCH3 is 2. The number of nitrogens with two attached hydrogens (primary N) is 1. The van der Waals surface area contributed by atoms with Gasteiger partial charge in [-0.1, -0.05) is 0 Å². The molecule has 4 rings (SSSR count). The van der Waals surface area contributed by atoms with Crippen molar-refractivity contribution in [2.45, 2.75) is 19.9 Å². The molecule has 42 heavy (non-hydrogen) atoms. The molecule has 222 valence electrons. The lowest BCUT2D eigenvalue weighted by molar-refractivity contribution is -0.134. The molecule has 4 aromatic rings. The van der Waals surface area contributed by atoms with Crippen molar-refractivity contribution in [2.75, 3.05) is 26.1 Å². The first-order valence-corrected chi connectivity index (χ1v) is 12.2. The number of carboxylic acids is 1. The number of hydrogen-bond acceptors (Lipinski definition) is 10. The molecule has 0 aliphatic heterocycles. The quantitative estimate of drug-likeness (QED) is 0.0900. The highest BCUT2D eigenvalue weighted by Crippen LogP contribution is 2.35. The number of amidine groups is 1. The SMILES string of the molecule is CC(=O)O.CCOC(=O)c1cn[nH]c1-n1nc(C(Nc2ccc(C(=N)N)cc2)c2cc(OC)c(OC)cc2F)[nH]c1=O. The van der Waals surface area contributed by atoms with Crippen LogP contribution in [0.5, 0.6) is 11.5 Å². The van der Waals surface area contributed by atoms with E-state index in [1.165, 1.54) is 26.5 Å². The predicted octanol–water partition coefficient (Wildman–Crippen LogP) is 2.19. The van der Waals surface area contributed by atoms with Crippen molar-refractivity contribution < 1.29 is 33.3 Å². The van der Waals surface area contributed by atoms with Crippen LogP contribution in [0.2, 0.25) is 0 Å². The Hall–Kier alpha value is -5.67. The average Bonchev–Trinajstić information content (AvgIpc) is 3.58. The van der Waals surface area contributed by atoms with Crippen molar-refractivity contribution in [3.05, 3.63) is 81.4 Å². The zero-order chi connectivity index (χ0) is 31.0. The minimum absolute atomic E-state index is 0.00590. The minimum atomic E-state index is -1.04. The number of aromatic amines is 2. The monoisotopic (exact) mass is 584 g/mol. The third-order valence-corrected chi connectivity index (χ3v) is 5.56. The van der Waals surface area contributed by atoms with Gasteiger partial charge in [0.2, 0.25) is 0 Å². The van der Waals surface area contributed by atoms with Crippen LogP contribution in [0.4, 0.5) is 10.1 Å². The zero-order valence-electron chi connectivity index (χ0n) is 23.0. The number of carbonyl (C=O) groups is 2. The maximum atomic E-state index is 15.4. The summed E-state index contributed by atoms with van der Waals surface area (Å²) < 4.78 is 31.8. The maximum absolute atomic E-state index is 15.4. The number of anilines is 1. The second-order valence-electron chi connectivity index (χ2n) is 8.40. The number of nitrogens with one attached hydrogen (secondary N) is 4. The van der Waals surface area contributed by atoms with E-state index >= 15 is 4.39 Å². The van der Waals surface area contributed by atoms with Crippen molar-refractivity contribution >= 4 is 23.5 Å². The molecule has 2 heterocycles. The number of nitrogens with zero attached hydrogens (tertiary/aromatic N) is 3. The molecular weight excluding hydrogens is 555 g/mol. The summed E-state index contributed by atoms with van der Waals surface area (Å²) in [6.45, 7) is 2.85. The first-order valence-electron chi connectivity index (χ1n) is 12.2. The Bertz CT molecular complexity index is 1620. The van der Waals surface area contributed by atoms with Crippen LogP contribution in [-0.2, 0) is 9.53 Å². The molecule has 1 atom stereocenters. The van der Waals surface area contributed by atoms with Crippen LogP contribution in [0.25, 0.3) is 5.82 Å². The summed E-state index contributed by atoms with van der Waals surface area (Å²) in [6.07, 6.45) is 1.22. The number of carboxylic acid groups (broad SMARTS) is 1. The average molecular weight is 585 g/mol. The molecule has 7 N–H and O–H groups in total. The number of ether oxygens (including phenoxy) is 3. The van der Waals surface area contributed by atoms with E-state index in [2.05, 4.69) is 25.6 Å². The van der Waals surface area contributed by atoms with Gasteiger partial charge in [-0.05, 0) is 37.3 Å². The largest absolute Gasteiger partial charge is 0.493 e. The van der Waals surface area contributed by atoms with Crippen LogP contribution in [0, 0.1) is 11.2 Å². The van der Waals surface area contributed by atoms with Crippen LogP contribution >= 0.6 is 0 Å². The van der Waals surface area contributed by atoms with Gasteiger partial charge in [0.05, 0.1) is 27.0 Å². The lowest BCUT2D eigenvalue weighted by Gasteiger charge is -2.20. The van der Waals surface area contributed by atoms with E-state index in [0.29, 0.717) is 11.3 Å². The maximum Gasteiger partial charge on any atom is 0.349 e. The molecule has 0 bridgehead atoms. The van der Waals surface area contributed by atoms with E-state index in [4.69, 9.17) is 35.3 Å². The summed E-state index contributed by atoms with van der Waals surface area (Å²) in [5.74, 6) is -1.88. The van der Waals surface area contributed by atoms with E-state index in [1.54, 1.807) is 31.2 Å². The van der Waals surface area contributed by atoms with E-state index in [9.17, 15) is 9.59 Å². The normalized spacial score (nSPS) is 11.1. The van der Waals surface area contributed by atoms with E-state index in [1.807, 2.05) is 0 Å². The smallest absolute Gasteiger partial charge is 0.349 e. The van der Waals surface area contributed by atoms with Crippen molar-refractivity contribution in [1.29, 1.82) is 5.41 Å². The molecule has 1 unspecified atom stereocenters. The van der Waals surface area contributed by atoms with Crippen molar-refractivity contribution in [3.8, 4) is 17.3 Å². The van der Waals surface area contributed by atoms with Crippen LogP contribution < -0.4 is 26.2 Å². The molecule has 0 aliphatic carbocycles. The third kappa shape index (κ3) is 7.09. The fourth-order valence-corrected chi connectivity index (χ4v) is 3.72. The highest BCUT2D eigenvalue weighted by Gasteiger charge is 2.27. The molecule has 0 amide bonds. The highest BCUT2D eigenvalue weighted by molar-refractivity contribution is 5.95. The summed E-state index contributed by atoms with van der Waals surface area (Å²) >= 11 is 0. The molecular formula is C26H29FN8O7. The zero-order valence-corrected chi connectivity index (χ0v) is 23.0. The Morgan fingerprint density at radius 2 is 1.81 bits per heavy atom. The van der Waals surface area contributed by atoms with Gasteiger partial charge in [-0.2, -0.15) is 9.78 Å². The molecule has 16 heteroatoms. The molecule has 0 radical (unpaired) electrons. The van der Waals surface area contributed by atoms with Crippen molar-refractivity contribution in [2.24, 2.45) is 5.73 Å². The standard InChI is InChI=1S/C24H25FN8O5.C2H4O2/c1-4-38-23(34)15-11-28-31-22(15)33-24(35)30-21(32-33)19(29-13-7-5-12(6-8-13)20(26)27)14-9-17(36-2)18(37-3)10-16(14)25;1-2(3)4/h5-11,19,29H,4H2,1-3H3,(H3,26,27)(H,28,31)(H,30,32,35);1H3,(H,3,4). The Balaban J connectivity index is 0.00000114. The summed E-state index contributed by atoms with van der Waals surface area (Å²) in [4.78, 5) is 36.9. The molecule has 15 nitrogen and oxygen atoms in total. The summed E-state index contributed by atoms with van der Waals surface area (Å²) in [7, 11) is 2.79. The number of benzene rings is 2. The van der Waals surface area contributed by atoms with Crippen LogP contribution in [0.1, 0.15) is 47.2 Å². The van der Waals surface area contributed by atoms with Gasteiger partial charge in [0.15, 0.2) is 23.1 Å². The van der Waals surface area contributed by atoms with Crippen LogP contribution in [0.3, 0.4) is 0 Å². The number of H-pyrrole nitrogens is 2. The Morgan fingerprint density at radius 1 is 1.19 bits per heavy atom. The number of rotatable bonds is 10. The number of aliphatic carboxylic acids is 1. The molecule has 2 aromatic heterocycles. The Morgan fingerprint density at radius 3 is 2.38 bits per heavy atom. The third-order valence-electron chi connectivity index (χ3n) is 5.56. The van der Waals surface area contributed by atoms with Crippen LogP contribution in [0.15, 0.2) is 47.4 Å². The highest BCUT2D eigenvalue weighted by atomic mass is 19.1. The van der Waals surface area contributed by atoms with Gasteiger partial charge in [-0.25, -0.2) is 14.0 Å². The number of carbonyl (C=O) groups excluding carboxylic acids is 1. The fraction of sp³-hybridized carbons (Fsp3) is 0.231. The first-order chi connectivity index (χ1) is 20.0. The van der Waals surface area contributed by atoms with E-state index in [-0.39, 0.29) is 46.7 Å². The van der Waals surface area contributed by atoms with Gasteiger partial charge in [0.25, 0.3) is 5.97 Å². The lowest BCUT2D eigenvalue weighted by atomic mass is 10.0. The van der Waals surface area contributed by atoms with Gasteiger partial charge in [0, 0.05) is 29.8 Å². The summed E-state index contributed by atoms with van der Waals surface area (Å²) in [5.41, 5.74) is 5.90. The number of hydrogen-bond donors (Lipinski definition) is 6. The molecule has 0 saturated carbocycles. The second kappa shape index (κ2) is 13.6. The molecule has 0 saturated heterocycles. The van der Waals surface area contributed by atoms with Crippen LogP contribution in [-0.4, -0.2) is 68.7 Å². The van der Waals surface area contributed by atoms with Gasteiger partial charge < -0.3 is 30.4 Å². The molecule has 2 aromatic carbocycles. The summed E-state index contributed by atoms with van der Waals surface area (Å²) in [5, 5.41) is 28.9. The number of aromatic nitrogens is 5. The van der Waals surface area contributed by atoms with Gasteiger partial charge >= 0.3 is 11.7 Å². The van der Waals surface area contributed by atoms with Crippen molar-refractivity contribution in [1.82, 2.24) is 25.0 Å². The van der Waals surface area contributed by atoms with E-state index in [0.717, 1.165) is 17.7 Å². The summed E-state index contributed by atoms with van der Waals surface area (Å²) in [6, 6.07) is 8.06. The number of nitrogen functional groups attached to an aromatic ring is 1. The van der Waals surface area contributed by atoms with Gasteiger partial charge in [-0.3, -0.25) is 20.3 Å². The Kier molecular flexibility index (Phi) is 10.00. The number of esters is 1. The minimum Gasteiger partial charge on any atom is -0.493 e.